The van der Waals surface area contributed by atoms with Crippen molar-refractivity contribution in [3.05, 3.63) is 0 Å². The molecule has 4 nitrogen and oxygen atoms in total. The van der Waals surface area contributed by atoms with Crippen molar-refractivity contribution in [2.45, 2.75) is 45.1 Å². The smallest absolute Gasteiger partial charge is 0.317 e. The highest BCUT2D eigenvalue weighted by molar-refractivity contribution is 5.80. The van der Waals surface area contributed by atoms with Gasteiger partial charge in [-0.2, -0.15) is 0 Å². The molecule has 1 aliphatic heterocycles. The molecule has 2 fully saturated rings. The van der Waals surface area contributed by atoms with Crippen molar-refractivity contribution < 1.29 is 14.6 Å². The van der Waals surface area contributed by atoms with E-state index < -0.39 is 11.0 Å². The first kappa shape index (κ1) is 12.8. The minimum absolute atomic E-state index is 0.101. The average molecular weight is 241 g/mol. The van der Waals surface area contributed by atoms with Crippen molar-refractivity contribution in [3.8, 4) is 0 Å². The number of ether oxygens (including phenoxy) is 1. The summed E-state index contributed by atoms with van der Waals surface area (Å²) >= 11 is 0. The Morgan fingerprint density at radius 3 is 2.35 bits per heavy atom. The van der Waals surface area contributed by atoms with E-state index in [0.29, 0.717) is 25.9 Å². The summed E-state index contributed by atoms with van der Waals surface area (Å²) in [5, 5.41) is 14.0. The number of rotatable bonds is 2. The van der Waals surface area contributed by atoms with E-state index in [0.717, 1.165) is 12.8 Å². The molecule has 17 heavy (non-hydrogen) atoms. The van der Waals surface area contributed by atoms with E-state index >= 15 is 0 Å². The lowest BCUT2D eigenvalue weighted by molar-refractivity contribution is -0.194. The third kappa shape index (κ3) is 1.87. The fraction of sp³-hybridized carbons (Fsp3) is 0.923. The largest absolute Gasteiger partial charge is 0.468 e. The highest BCUT2D eigenvalue weighted by Crippen LogP contribution is 2.51. The van der Waals surface area contributed by atoms with Gasteiger partial charge in [0.15, 0.2) is 0 Å². The van der Waals surface area contributed by atoms with Crippen molar-refractivity contribution in [3.63, 3.8) is 0 Å². The van der Waals surface area contributed by atoms with Gasteiger partial charge in [-0.05, 0) is 24.7 Å². The summed E-state index contributed by atoms with van der Waals surface area (Å²) in [6, 6.07) is 0. The highest BCUT2D eigenvalue weighted by atomic mass is 16.5. The molecule has 0 bridgehead atoms. The van der Waals surface area contributed by atoms with Gasteiger partial charge in [0, 0.05) is 13.1 Å². The Kier molecular flexibility index (Phi) is 2.99. The first-order valence-electron chi connectivity index (χ1n) is 6.37. The Labute approximate surface area is 103 Å². The summed E-state index contributed by atoms with van der Waals surface area (Å²) in [5.74, 6) is -0.267. The molecule has 0 radical (unpaired) electrons. The summed E-state index contributed by atoms with van der Waals surface area (Å²) in [7, 11) is 1.40. The molecule has 1 saturated carbocycles. The second kappa shape index (κ2) is 3.95. The fourth-order valence-corrected chi connectivity index (χ4v) is 3.47. The summed E-state index contributed by atoms with van der Waals surface area (Å²) in [5.41, 5.74) is -1.53. The van der Waals surface area contributed by atoms with E-state index in [1.54, 1.807) is 0 Å². The molecular formula is C13H23NO3. The molecule has 0 aromatic heterocycles. The number of carbonyl (C=O) groups is 1. The molecule has 0 spiro atoms. The maximum absolute atomic E-state index is 12.0. The maximum atomic E-state index is 12.0. The summed E-state index contributed by atoms with van der Waals surface area (Å²) in [6.45, 7) is 5.39. The van der Waals surface area contributed by atoms with Crippen molar-refractivity contribution in [2.24, 2.45) is 10.8 Å². The van der Waals surface area contributed by atoms with E-state index in [1.165, 1.54) is 7.11 Å². The van der Waals surface area contributed by atoms with Gasteiger partial charge in [0.25, 0.3) is 0 Å². The molecule has 1 aliphatic carbocycles. The molecule has 0 amide bonds. The number of esters is 1. The van der Waals surface area contributed by atoms with Crippen LogP contribution in [0.25, 0.3) is 0 Å². The first-order chi connectivity index (χ1) is 7.85. The lowest BCUT2D eigenvalue weighted by Gasteiger charge is -2.55. The zero-order chi connectivity index (χ0) is 12.7. The summed E-state index contributed by atoms with van der Waals surface area (Å²) < 4.78 is 4.91. The van der Waals surface area contributed by atoms with Gasteiger partial charge in [0.1, 0.15) is 5.41 Å². The minimum atomic E-state index is -0.910. The van der Waals surface area contributed by atoms with Crippen molar-refractivity contribution >= 4 is 5.97 Å². The molecule has 1 unspecified atom stereocenters. The Morgan fingerprint density at radius 2 is 1.94 bits per heavy atom. The van der Waals surface area contributed by atoms with Crippen LogP contribution in [-0.2, 0) is 9.53 Å². The monoisotopic (exact) mass is 241 g/mol. The molecule has 2 rings (SSSR count). The number of aliphatic hydroxyl groups is 1. The second-order valence-corrected chi connectivity index (χ2v) is 6.40. The van der Waals surface area contributed by atoms with Gasteiger partial charge in [0.2, 0.25) is 0 Å². The number of hydrogen-bond donors (Lipinski definition) is 2. The first-order valence-corrected chi connectivity index (χ1v) is 6.37. The normalized spacial score (nSPS) is 34.8. The van der Waals surface area contributed by atoms with Crippen LogP contribution in [0.4, 0.5) is 0 Å². The minimum Gasteiger partial charge on any atom is -0.468 e. The number of hydrogen-bond acceptors (Lipinski definition) is 4. The standard InChI is InChI=1S/C13H23NO3/c1-11(2)5-4-6-13(16,7-11)12(8-14-9-12)10(15)17-3/h14,16H,4-9H2,1-3H3. The van der Waals surface area contributed by atoms with Gasteiger partial charge < -0.3 is 15.2 Å². The topological polar surface area (TPSA) is 58.6 Å². The van der Waals surface area contributed by atoms with Crippen molar-refractivity contribution in [1.29, 1.82) is 0 Å². The Balaban J connectivity index is 2.26. The third-order valence-corrected chi connectivity index (χ3v) is 4.54. The average Bonchev–Trinajstić information content (AvgIpc) is 2.12. The highest BCUT2D eigenvalue weighted by Gasteiger charge is 2.62. The molecule has 1 saturated heterocycles. The van der Waals surface area contributed by atoms with E-state index in [-0.39, 0.29) is 11.4 Å². The molecule has 1 atom stereocenters. The Hall–Kier alpha value is -0.610. The third-order valence-electron chi connectivity index (χ3n) is 4.54. The van der Waals surface area contributed by atoms with E-state index in [9.17, 15) is 9.90 Å². The van der Waals surface area contributed by atoms with E-state index in [2.05, 4.69) is 19.2 Å². The molecule has 0 aromatic rings. The van der Waals surface area contributed by atoms with Crippen molar-refractivity contribution in [1.82, 2.24) is 5.32 Å². The summed E-state index contributed by atoms with van der Waals surface area (Å²) in [6.07, 6.45) is 3.46. The number of carbonyl (C=O) groups excluding carboxylic acids is 1. The van der Waals surface area contributed by atoms with Crippen LogP contribution in [-0.4, -0.2) is 36.9 Å². The second-order valence-electron chi connectivity index (χ2n) is 6.40. The molecular weight excluding hydrogens is 218 g/mol. The molecule has 98 valence electrons. The van der Waals surface area contributed by atoms with Gasteiger partial charge in [-0.15, -0.1) is 0 Å². The van der Waals surface area contributed by atoms with Crippen LogP contribution in [0.15, 0.2) is 0 Å². The van der Waals surface area contributed by atoms with Crippen LogP contribution in [0.5, 0.6) is 0 Å². The van der Waals surface area contributed by atoms with Gasteiger partial charge in [-0.3, -0.25) is 4.79 Å². The lowest BCUT2D eigenvalue weighted by Crippen LogP contribution is -2.71. The van der Waals surface area contributed by atoms with Gasteiger partial charge in [-0.1, -0.05) is 20.3 Å². The lowest BCUT2D eigenvalue weighted by atomic mass is 9.56. The van der Waals surface area contributed by atoms with Crippen LogP contribution in [0.1, 0.15) is 39.5 Å². The van der Waals surface area contributed by atoms with Crippen LogP contribution >= 0.6 is 0 Å². The van der Waals surface area contributed by atoms with Gasteiger partial charge >= 0.3 is 5.97 Å². The molecule has 4 heteroatoms. The zero-order valence-corrected chi connectivity index (χ0v) is 11.0. The Morgan fingerprint density at radius 1 is 1.29 bits per heavy atom. The SMILES string of the molecule is COC(=O)C1(C2(O)CCCC(C)(C)C2)CNC1. The Bertz CT molecular complexity index is 323. The van der Waals surface area contributed by atoms with Crippen LogP contribution in [0.2, 0.25) is 0 Å². The maximum Gasteiger partial charge on any atom is 0.317 e. The summed E-state index contributed by atoms with van der Waals surface area (Å²) in [4.78, 5) is 12.0. The van der Waals surface area contributed by atoms with Gasteiger partial charge in [-0.25, -0.2) is 0 Å². The molecule has 0 aromatic carbocycles. The van der Waals surface area contributed by atoms with Crippen molar-refractivity contribution in [2.75, 3.05) is 20.2 Å². The fourth-order valence-electron chi connectivity index (χ4n) is 3.47. The van der Waals surface area contributed by atoms with E-state index in [4.69, 9.17) is 4.74 Å². The van der Waals surface area contributed by atoms with Crippen LogP contribution < -0.4 is 5.32 Å². The van der Waals surface area contributed by atoms with Crippen LogP contribution in [0, 0.1) is 10.8 Å². The molecule has 2 N–H and O–H groups in total. The predicted molar refractivity (Wildman–Crippen MR) is 64.5 cm³/mol. The molecule has 2 aliphatic rings. The number of nitrogens with one attached hydrogen (secondary N) is 1. The quantitative estimate of drug-likeness (QED) is 0.710. The number of methoxy groups -OCH3 is 1. The zero-order valence-electron chi connectivity index (χ0n) is 11.0. The predicted octanol–water partition coefficient (Wildman–Crippen LogP) is 1.08. The molecule has 1 heterocycles. The van der Waals surface area contributed by atoms with Crippen LogP contribution in [0.3, 0.4) is 0 Å². The van der Waals surface area contributed by atoms with Gasteiger partial charge in [0.05, 0.1) is 12.7 Å². The van der Waals surface area contributed by atoms with E-state index in [1.807, 2.05) is 0 Å².